The molecule has 1 aliphatic rings. The van der Waals surface area contributed by atoms with Gasteiger partial charge in [0.05, 0.1) is 11.3 Å². The van der Waals surface area contributed by atoms with Crippen LogP contribution in [0.2, 0.25) is 0 Å². The normalized spacial score (nSPS) is 15.3. The summed E-state index contributed by atoms with van der Waals surface area (Å²) in [5.41, 5.74) is 1.04. The van der Waals surface area contributed by atoms with Crippen molar-refractivity contribution in [2.45, 2.75) is 0 Å². The highest BCUT2D eigenvalue weighted by atomic mass is 79.9. The summed E-state index contributed by atoms with van der Waals surface area (Å²) in [7, 11) is 0. The topological polar surface area (TPSA) is 99.9 Å². The molecule has 7 nitrogen and oxygen atoms in total. The average Bonchev–Trinajstić information content (AvgIpc) is 3.21. The van der Waals surface area contributed by atoms with Crippen molar-refractivity contribution < 1.29 is 23.9 Å². The third-order valence-electron chi connectivity index (χ3n) is 4.49. The van der Waals surface area contributed by atoms with E-state index in [9.17, 15) is 14.4 Å². The Bertz CT molecular complexity index is 1260. The van der Waals surface area contributed by atoms with E-state index in [1.165, 1.54) is 23.1 Å². The van der Waals surface area contributed by atoms with Gasteiger partial charge in [0.15, 0.2) is 5.11 Å². The monoisotopic (exact) mass is 496 g/mol. The zero-order valence-corrected chi connectivity index (χ0v) is 18.1. The fourth-order valence-electron chi connectivity index (χ4n) is 3.02. The van der Waals surface area contributed by atoms with Crippen molar-refractivity contribution >= 4 is 62.8 Å². The van der Waals surface area contributed by atoms with Crippen LogP contribution in [-0.4, -0.2) is 28.0 Å². The number of carbonyl (C=O) groups excluding carboxylic acids is 2. The molecular formula is C22H13BrN2O5S. The molecule has 3 aromatic rings. The number of hydrogen-bond donors (Lipinski definition) is 2. The minimum atomic E-state index is -1.05. The predicted octanol–water partition coefficient (Wildman–Crippen LogP) is 4.24. The highest BCUT2D eigenvalue weighted by Crippen LogP contribution is 2.27. The lowest BCUT2D eigenvalue weighted by molar-refractivity contribution is -0.122. The Morgan fingerprint density at radius 2 is 1.84 bits per heavy atom. The number of nitrogens with one attached hydrogen (secondary N) is 1. The largest absolute Gasteiger partial charge is 0.478 e. The number of aromatic carboxylic acids is 1. The Labute approximate surface area is 190 Å². The molecular weight excluding hydrogens is 484 g/mol. The molecule has 9 heteroatoms. The maximum atomic E-state index is 13.0. The summed E-state index contributed by atoms with van der Waals surface area (Å²) in [5, 5.41) is 11.7. The maximum Gasteiger partial charge on any atom is 0.335 e. The number of hydrogen-bond acceptors (Lipinski definition) is 5. The number of carbonyl (C=O) groups is 3. The molecule has 0 atom stereocenters. The van der Waals surface area contributed by atoms with Gasteiger partial charge in [-0.25, -0.2) is 4.79 Å². The average molecular weight is 497 g/mol. The first-order valence-electron chi connectivity index (χ1n) is 8.94. The van der Waals surface area contributed by atoms with Crippen LogP contribution in [0.1, 0.15) is 16.1 Å². The van der Waals surface area contributed by atoms with E-state index in [1.54, 1.807) is 48.5 Å². The van der Waals surface area contributed by atoms with E-state index >= 15 is 0 Å². The van der Waals surface area contributed by atoms with Gasteiger partial charge in [-0.3, -0.25) is 19.8 Å². The Morgan fingerprint density at radius 3 is 2.55 bits per heavy atom. The smallest absolute Gasteiger partial charge is 0.335 e. The number of carboxylic acids is 1. The molecule has 0 saturated carbocycles. The zero-order chi connectivity index (χ0) is 22.1. The van der Waals surface area contributed by atoms with Gasteiger partial charge in [-0.05, 0) is 66.8 Å². The zero-order valence-electron chi connectivity index (χ0n) is 15.7. The fourth-order valence-corrected chi connectivity index (χ4v) is 3.56. The van der Waals surface area contributed by atoms with Gasteiger partial charge in [0.25, 0.3) is 11.8 Å². The predicted molar refractivity (Wildman–Crippen MR) is 121 cm³/mol. The number of carboxylic acid groups (broad SMARTS) is 1. The third kappa shape index (κ3) is 4.18. The Balaban J connectivity index is 1.66. The van der Waals surface area contributed by atoms with E-state index < -0.39 is 17.8 Å². The van der Waals surface area contributed by atoms with Crippen LogP contribution in [-0.2, 0) is 9.59 Å². The Morgan fingerprint density at radius 1 is 1.10 bits per heavy atom. The maximum absolute atomic E-state index is 13.0. The number of amides is 2. The first kappa shape index (κ1) is 20.7. The van der Waals surface area contributed by atoms with E-state index in [2.05, 4.69) is 21.2 Å². The third-order valence-corrected chi connectivity index (χ3v) is 5.31. The molecule has 4 rings (SSSR count). The van der Waals surface area contributed by atoms with E-state index in [0.29, 0.717) is 17.0 Å². The summed E-state index contributed by atoms with van der Waals surface area (Å²) in [4.78, 5) is 37.9. The molecule has 2 amide bonds. The highest BCUT2D eigenvalue weighted by molar-refractivity contribution is 9.10. The molecule has 1 aromatic heterocycles. The van der Waals surface area contributed by atoms with E-state index in [4.69, 9.17) is 21.7 Å². The van der Waals surface area contributed by atoms with Crippen molar-refractivity contribution in [2.75, 3.05) is 4.90 Å². The van der Waals surface area contributed by atoms with Crippen LogP contribution in [0.3, 0.4) is 0 Å². The molecule has 0 bridgehead atoms. The second kappa shape index (κ2) is 8.29. The number of thiocarbonyl (C=S) groups is 1. The first-order valence-corrected chi connectivity index (χ1v) is 10.1. The number of benzene rings is 2. The lowest BCUT2D eigenvalue weighted by atomic mass is 10.1. The molecule has 0 aliphatic carbocycles. The number of anilines is 1. The molecule has 0 unspecified atom stereocenters. The molecule has 0 radical (unpaired) electrons. The highest BCUT2D eigenvalue weighted by Gasteiger charge is 2.34. The molecule has 31 heavy (non-hydrogen) atoms. The van der Waals surface area contributed by atoms with Crippen molar-refractivity contribution in [3.05, 3.63) is 82.0 Å². The molecule has 1 fully saturated rings. The summed E-state index contributed by atoms with van der Waals surface area (Å²) < 4.78 is 6.56. The van der Waals surface area contributed by atoms with Crippen LogP contribution in [0.5, 0.6) is 0 Å². The van der Waals surface area contributed by atoms with Gasteiger partial charge in [-0.15, -0.1) is 0 Å². The van der Waals surface area contributed by atoms with Crippen molar-refractivity contribution in [3.63, 3.8) is 0 Å². The van der Waals surface area contributed by atoms with Crippen molar-refractivity contribution in [1.82, 2.24) is 5.32 Å². The molecule has 1 aliphatic heterocycles. The SMILES string of the molecule is O=C1NC(=S)N(c2ccc(Br)cc2)C(=O)/C1=C\c1ccc(-c2cccc(C(=O)O)c2)o1. The first-order chi connectivity index (χ1) is 14.8. The molecule has 154 valence electrons. The second-order valence-corrected chi connectivity index (χ2v) is 7.82. The molecule has 2 N–H and O–H groups in total. The van der Waals surface area contributed by atoms with E-state index in [1.807, 2.05) is 0 Å². The lowest BCUT2D eigenvalue weighted by Crippen LogP contribution is -2.54. The summed E-state index contributed by atoms with van der Waals surface area (Å²) in [6.07, 6.45) is 1.33. The minimum absolute atomic E-state index is 0.0138. The molecule has 0 spiro atoms. The Hall–Kier alpha value is -3.56. The second-order valence-electron chi connectivity index (χ2n) is 6.52. The van der Waals surface area contributed by atoms with E-state index in [0.717, 1.165) is 4.47 Å². The molecule has 1 saturated heterocycles. The van der Waals surface area contributed by atoms with Crippen LogP contribution in [0.25, 0.3) is 17.4 Å². The van der Waals surface area contributed by atoms with Gasteiger partial charge in [0, 0.05) is 10.0 Å². The van der Waals surface area contributed by atoms with Crippen molar-refractivity contribution in [2.24, 2.45) is 0 Å². The summed E-state index contributed by atoms with van der Waals surface area (Å²) in [6, 6.07) is 16.4. The Kier molecular flexibility index (Phi) is 5.53. The van der Waals surface area contributed by atoms with Gasteiger partial charge in [-0.2, -0.15) is 0 Å². The van der Waals surface area contributed by atoms with Crippen LogP contribution in [0.15, 0.2) is 75.1 Å². The van der Waals surface area contributed by atoms with Gasteiger partial charge < -0.3 is 9.52 Å². The van der Waals surface area contributed by atoms with Gasteiger partial charge in [0.1, 0.15) is 17.1 Å². The van der Waals surface area contributed by atoms with Crippen molar-refractivity contribution in [1.29, 1.82) is 0 Å². The van der Waals surface area contributed by atoms with Gasteiger partial charge in [-0.1, -0.05) is 28.1 Å². The van der Waals surface area contributed by atoms with Crippen molar-refractivity contribution in [3.8, 4) is 11.3 Å². The number of furan rings is 1. The van der Waals surface area contributed by atoms with Crippen LogP contribution >= 0.6 is 28.1 Å². The molecule has 2 aromatic carbocycles. The number of rotatable bonds is 4. The van der Waals surface area contributed by atoms with Crippen LogP contribution < -0.4 is 10.2 Å². The number of nitrogens with zero attached hydrogens (tertiary/aromatic N) is 1. The quantitative estimate of drug-likeness (QED) is 0.318. The standard InChI is InChI=1S/C22H13BrN2O5S/c23-14-4-6-15(7-5-14)25-20(27)17(19(26)24-22(25)31)11-16-8-9-18(30-16)12-2-1-3-13(10-12)21(28)29/h1-11H,(H,28,29)(H,24,26,31)/b17-11-. The van der Waals surface area contributed by atoms with Crippen LogP contribution in [0, 0.1) is 0 Å². The summed E-state index contributed by atoms with van der Waals surface area (Å²) >= 11 is 8.51. The van der Waals surface area contributed by atoms with E-state index in [-0.39, 0.29) is 22.0 Å². The number of halogens is 1. The summed E-state index contributed by atoms with van der Waals surface area (Å²) in [6.45, 7) is 0. The summed E-state index contributed by atoms with van der Waals surface area (Å²) in [5.74, 6) is -1.60. The fraction of sp³-hybridized carbons (Fsp3) is 0. The minimum Gasteiger partial charge on any atom is -0.478 e. The van der Waals surface area contributed by atoms with Gasteiger partial charge >= 0.3 is 5.97 Å². The molecule has 2 heterocycles. The van der Waals surface area contributed by atoms with Crippen LogP contribution in [0.4, 0.5) is 5.69 Å². The lowest BCUT2D eigenvalue weighted by Gasteiger charge is -2.28. The van der Waals surface area contributed by atoms with Gasteiger partial charge in [0.2, 0.25) is 0 Å².